The van der Waals surface area contributed by atoms with Crippen molar-refractivity contribution in [3.8, 4) is 0 Å². The molecule has 2 aromatic carbocycles. The first-order chi connectivity index (χ1) is 9.34. The van der Waals surface area contributed by atoms with Crippen molar-refractivity contribution in [2.45, 2.75) is 18.4 Å². The van der Waals surface area contributed by atoms with Crippen molar-refractivity contribution < 1.29 is 0 Å². The maximum absolute atomic E-state index is 6.28. The topological polar surface area (TPSA) is 41.8 Å². The molecule has 0 bridgehead atoms. The molecule has 1 aromatic heterocycles. The molecule has 0 fully saturated rings. The van der Waals surface area contributed by atoms with Crippen LogP contribution in [0.1, 0.15) is 35.1 Å². The number of rotatable bonds is 1. The summed E-state index contributed by atoms with van der Waals surface area (Å²) >= 11 is 0. The fourth-order valence-electron chi connectivity index (χ4n) is 3.35. The second kappa shape index (κ2) is 3.97. The highest BCUT2D eigenvalue weighted by molar-refractivity contribution is 5.84. The first-order valence-electron chi connectivity index (χ1n) is 6.75. The summed E-state index contributed by atoms with van der Waals surface area (Å²) in [5.74, 6) is 0.419. The van der Waals surface area contributed by atoms with E-state index >= 15 is 0 Å². The second-order valence-electron chi connectivity index (χ2n) is 5.31. The Bertz CT molecular complexity index is 742. The van der Waals surface area contributed by atoms with Crippen LogP contribution < -0.4 is 5.73 Å². The molecular weight excluding hydrogens is 232 g/mol. The van der Waals surface area contributed by atoms with Gasteiger partial charge in [-0.15, -0.1) is 0 Å². The first-order valence-corrected chi connectivity index (χ1v) is 6.75. The maximum atomic E-state index is 6.28. The first kappa shape index (κ1) is 10.8. The number of para-hydroxylation sites is 1. The Morgan fingerprint density at radius 1 is 0.895 bits per heavy atom. The summed E-state index contributed by atoms with van der Waals surface area (Å²) in [6.45, 7) is 0. The molecular formula is C17H16N2. The van der Waals surface area contributed by atoms with Crippen LogP contribution in [0.4, 0.5) is 0 Å². The fraction of sp³-hybridized carbons (Fsp3) is 0.176. The lowest BCUT2D eigenvalue weighted by Crippen LogP contribution is -2.05. The summed E-state index contributed by atoms with van der Waals surface area (Å²) in [4.78, 5) is 3.37. The predicted molar refractivity (Wildman–Crippen MR) is 78.1 cm³/mol. The monoisotopic (exact) mass is 248 g/mol. The summed E-state index contributed by atoms with van der Waals surface area (Å²) in [5, 5.41) is 1.32. The molecule has 0 radical (unpaired) electrons. The van der Waals surface area contributed by atoms with Gasteiger partial charge in [-0.3, -0.25) is 0 Å². The van der Waals surface area contributed by atoms with Gasteiger partial charge in [0.25, 0.3) is 0 Å². The van der Waals surface area contributed by atoms with Gasteiger partial charge < -0.3 is 10.7 Å². The van der Waals surface area contributed by atoms with Gasteiger partial charge in [-0.1, -0.05) is 42.5 Å². The molecule has 2 heteroatoms. The zero-order valence-electron chi connectivity index (χ0n) is 10.6. The largest absolute Gasteiger partial charge is 0.361 e. The minimum Gasteiger partial charge on any atom is -0.361 e. The Balaban J connectivity index is 1.90. The van der Waals surface area contributed by atoms with E-state index in [2.05, 4.69) is 59.7 Å². The van der Waals surface area contributed by atoms with Crippen LogP contribution in [-0.2, 0) is 0 Å². The number of nitrogens with two attached hydrogens (primary N) is 1. The van der Waals surface area contributed by atoms with Crippen LogP contribution in [0.2, 0.25) is 0 Å². The van der Waals surface area contributed by atoms with Gasteiger partial charge in [-0.2, -0.15) is 0 Å². The van der Waals surface area contributed by atoms with Crippen LogP contribution in [0.15, 0.2) is 54.7 Å². The van der Waals surface area contributed by atoms with Gasteiger partial charge in [0, 0.05) is 29.1 Å². The van der Waals surface area contributed by atoms with Crippen LogP contribution in [0, 0.1) is 0 Å². The summed E-state index contributed by atoms with van der Waals surface area (Å²) in [6, 6.07) is 17.2. The highest BCUT2D eigenvalue weighted by Gasteiger charge is 2.30. The van der Waals surface area contributed by atoms with Crippen LogP contribution in [-0.4, -0.2) is 4.98 Å². The Morgan fingerprint density at radius 2 is 1.63 bits per heavy atom. The van der Waals surface area contributed by atoms with E-state index in [0.29, 0.717) is 5.92 Å². The standard InChI is InChI=1S/C17H16N2/c18-16-9-14(11-5-1-2-6-12(11)16)15-10-19-17-8-4-3-7-13(15)17/h1-8,10,14,16,19H,9,18H2/t14-,16-/m0/s1. The Morgan fingerprint density at radius 3 is 2.53 bits per heavy atom. The van der Waals surface area contributed by atoms with E-state index in [1.54, 1.807) is 0 Å². The van der Waals surface area contributed by atoms with Crippen molar-refractivity contribution in [3.05, 3.63) is 71.4 Å². The summed E-state index contributed by atoms with van der Waals surface area (Å²) in [5.41, 5.74) is 11.5. The minimum atomic E-state index is 0.162. The van der Waals surface area contributed by atoms with E-state index in [9.17, 15) is 0 Å². The second-order valence-corrected chi connectivity index (χ2v) is 5.31. The van der Waals surface area contributed by atoms with E-state index in [4.69, 9.17) is 5.73 Å². The van der Waals surface area contributed by atoms with Gasteiger partial charge in [0.15, 0.2) is 0 Å². The van der Waals surface area contributed by atoms with Gasteiger partial charge in [0.2, 0.25) is 0 Å². The molecule has 0 saturated carbocycles. The van der Waals surface area contributed by atoms with Crippen molar-refractivity contribution in [2.24, 2.45) is 5.73 Å². The quantitative estimate of drug-likeness (QED) is 0.677. The highest BCUT2D eigenvalue weighted by Crippen LogP contribution is 2.44. The number of fused-ring (bicyclic) bond motifs is 2. The molecule has 1 heterocycles. The van der Waals surface area contributed by atoms with E-state index in [0.717, 1.165) is 6.42 Å². The molecule has 2 atom stereocenters. The van der Waals surface area contributed by atoms with Gasteiger partial charge in [0.1, 0.15) is 0 Å². The maximum Gasteiger partial charge on any atom is 0.0457 e. The third-order valence-corrected chi connectivity index (χ3v) is 4.26. The number of aromatic amines is 1. The molecule has 19 heavy (non-hydrogen) atoms. The van der Waals surface area contributed by atoms with Crippen molar-refractivity contribution in [1.29, 1.82) is 0 Å². The predicted octanol–water partition coefficient (Wildman–Crippen LogP) is 3.70. The van der Waals surface area contributed by atoms with E-state index in [1.807, 2.05) is 0 Å². The van der Waals surface area contributed by atoms with Gasteiger partial charge in [0.05, 0.1) is 0 Å². The molecule has 1 aliphatic carbocycles. The molecule has 0 saturated heterocycles. The Kier molecular flexibility index (Phi) is 2.26. The molecule has 0 unspecified atom stereocenters. The number of H-pyrrole nitrogens is 1. The number of hydrogen-bond acceptors (Lipinski definition) is 1. The van der Waals surface area contributed by atoms with E-state index in [1.165, 1.54) is 27.6 Å². The molecule has 0 aliphatic heterocycles. The lowest BCUT2D eigenvalue weighted by Gasteiger charge is -2.10. The minimum absolute atomic E-state index is 0.162. The molecule has 4 rings (SSSR count). The summed E-state index contributed by atoms with van der Waals surface area (Å²) in [7, 11) is 0. The van der Waals surface area contributed by atoms with Crippen LogP contribution >= 0.6 is 0 Å². The van der Waals surface area contributed by atoms with E-state index in [-0.39, 0.29) is 6.04 Å². The smallest absolute Gasteiger partial charge is 0.0457 e. The lowest BCUT2D eigenvalue weighted by molar-refractivity contribution is 0.664. The zero-order chi connectivity index (χ0) is 12.8. The van der Waals surface area contributed by atoms with Crippen LogP contribution in [0.5, 0.6) is 0 Å². The number of benzene rings is 2. The number of aromatic nitrogens is 1. The van der Waals surface area contributed by atoms with E-state index < -0.39 is 0 Å². The Labute approximate surface area is 112 Å². The highest BCUT2D eigenvalue weighted by atomic mass is 14.7. The number of nitrogens with one attached hydrogen (secondary N) is 1. The third kappa shape index (κ3) is 1.53. The molecule has 3 aromatic rings. The van der Waals surface area contributed by atoms with Gasteiger partial charge >= 0.3 is 0 Å². The van der Waals surface area contributed by atoms with Crippen molar-refractivity contribution in [3.63, 3.8) is 0 Å². The van der Waals surface area contributed by atoms with Gasteiger partial charge in [-0.05, 0) is 29.2 Å². The summed E-state index contributed by atoms with van der Waals surface area (Å²) in [6.07, 6.45) is 3.14. The fourth-order valence-corrected chi connectivity index (χ4v) is 3.35. The van der Waals surface area contributed by atoms with Crippen molar-refractivity contribution in [1.82, 2.24) is 4.98 Å². The molecule has 94 valence electrons. The lowest BCUT2D eigenvalue weighted by atomic mass is 9.93. The average molecular weight is 248 g/mol. The Hall–Kier alpha value is -2.06. The van der Waals surface area contributed by atoms with Crippen LogP contribution in [0.25, 0.3) is 10.9 Å². The molecule has 0 spiro atoms. The van der Waals surface area contributed by atoms with Crippen LogP contribution in [0.3, 0.4) is 0 Å². The SMILES string of the molecule is N[C@H]1C[C@H](c2c[nH]c3ccccc23)c2ccccc21. The van der Waals surface area contributed by atoms with Crippen molar-refractivity contribution >= 4 is 10.9 Å². The average Bonchev–Trinajstić information content (AvgIpc) is 3.01. The zero-order valence-corrected chi connectivity index (χ0v) is 10.6. The summed E-state index contributed by atoms with van der Waals surface area (Å²) < 4.78 is 0. The number of hydrogen-bond donors (Lipinski definition) is 2. The normalized spacial score (nSPS) is 21.7. The molecule has 2 nitrogen and oxygen atoms in total. The molecule has 3 N–H and O–H groups in total. The molecule has 0 amide bonds. The van der Waals surface area contributed by atoms with Crippen molar-refractivity contribution in [2.75, 3.05) is 0 Å². The van der Waals surface area contributed by atoms with Gasteiger partial charge in [-0.25, -0.2) is 0 Å². The third-order valence-electron chi connectivity index (χ3n) is 4.26. The molecule has 1 aliphatic rings.